The minimum absolute atomic E-state index is 0.0473. The molecule has 1 fully saturated rings. The number of hydrogen-bond acceptors (Lipinski definition) is 4. The zero-order chi connectivity index (χ0) is 23.1. The van der Waals surface area contributed by atoms with Crippen LogP contribution in [-0.4, -0.2) is 60.4 Å². The first-order valence-corrected chi connectivity index (χ1v) is 10.4. The molecule has 172 valence electrons. The summed E-state index contributed by atoms with van der Waals surface area (Å²) in [6.45, 7) is 3.75. The second-order valence-electron chi connectivity index (χ2n) is 7.63. The number of carbonyl (C=O) groups excluding carboxylic acids is 2. The van der Waals surface area contributed by atoms with E-state index in [9.17, 15) is 22.8 Å². The third-order valence-electron chi connectivity index (χ3n) is 5.25. The van der Waals surface area contributed by atoms with Gasteiger partial charge in [0.25, 0.3) is 5.91 Å². The van der Waals surface area contributed by atoms with E-state index in [-0.39, 0.29) is 18.1 Å². The Morgan fingerprint density at radius 3 is 2.28 bits per heavy atom. The fourth-order valence-corrected chi connectivity index (χ4v) is 3.48. The first-order chi connectivity index (χ1) is 15.2. The zero-order valence-corrected chi connectivity index (χ0v) is 17.8. The molecule has 0 saturated carbocycles. The molecule has 0 radical (unpaired) electrons. The number of amides is 2. The van der Waals surface area contributed by atoms with Crippen molar-refractivity contribution in [2.75, 3.05) is 38.0 Å². The number of piperazine rings is 1. The number of nitrogens with one attached hydrogen (secondary N) is 1. The highest BCUT2D eigenvalue weighted by atomic mass is 19.4. The summed E-state index contributed by atoms with van der Waals surface area (Å²) in [7, 11) is 0. The highest BCUT2D eigenvalue weighted by molar-refractivity contribution is 5.93. The van der Waals surface area contributed by atoms with Crippen LogP contribution < -0.4 is 5.32 Å². The number of carbonyl (C=O) groups is 2. The average Bonchev–Trinajstić information content (AvgIpc) is 2.78. The van der Waals surface area contributed by atoms with Crippen LogP contribution in [0.25, 0.3) is 0 Å². The lowest BCUT2D eigenvalue weighted by atomic mass is 10.1. The molecule has 0 bridgehead atoms. The van der Waals surface area contributed by atoms with Gasteiger partial charge in [0.05, 0.1) is 24.4 Å². The van der Waals surface area contributed by atoms with Gasteiger partial charge in [-0.25, -0.2) is 0 Å². The number of anilines is 1. The molecule has 1 aliphatic rings. The van der Waals surface area contributed by atoms with E-state index in [0.717, 1.165) is 11.6 Å². The summed E-state index contributed by atoms with van der Waals surface area (Å²) in [6, 6.07) is 14.4. The number of ether oxygens (including phenoxy) is 1. The van der Waals surface area contributed by atoms with Crippen LogP contribution in [0, 0.1) is 0 Å². The minimum atomic E-state index is -4.55. The van der Waals surface area contributed by atoms with E-state index < -0.39 is 23.8 Å². The summed E-state index contributed by atoms with van der Waals surface area (Å²) >= 11 is 0. The molecule has 3 rings (SSSR count). The van der Waals surface area contributed by atoms with Gasteiger partial charge in [-0.1, -0.05) is 42.5 Å². The summed E-state index contributed by atoms with van der Waals surface area (Å²) in [6.07, 6.45) is -5.14. The van der Waals surface area contributed by atoms with E-state index >= 15 is 0 Å². The van der Waals surface area contributed by atoms with Gasteiger partial charge in [0.1, 0.15) is 6.10 Å². The summed E-state index contributed by atoms with van der Waals surface area (Å²) in [5.74, 6) is -0.648. The summed E-state index contributed by atoms with van der Waals surface area (Å²) < 4.78 is 44.9. The Morgan fingerprint density at radius 2 is 1.62 bits per heavy atom. The van der Waals surface area contributed by atoms with Crippen LogP contribution in [0.2, 0.25) is 0 Å². The molecule has 1 heterocycles. The molecule has 1 saturated heterocycles. The largest absolute Gasteiger partial charge is 0.418 e. The summed E-state index contributed by atoms with van der Waals surface area (Å²) in [5.41, 5.74) is -0.161. The van der Waals surface area contributed by atoms with Gasteiger partial charge in [-0.3, -0.25) is 14.5 Å². The number of halogens is 3. The summed E-state index contributed by atoms with van der Waals surface area (Å²) in [5, 5.41) is 2.35. The van der Waals surface area contributed by atoms with E-state index in [1.165, 1.54) is 18.2 Å². The van der Waals surface area contributed by atoms with Crippen molar-refractivity contribution < 1.29 is 27.5 Å². The molecule has 6 nitrogen and oxygen atoms in total. The van der Waals surface area contributed by atoms with Crippen LogP contribution in [0.5, 0.6) is 0 Å². The van der Waals surface area contributed by atoms with Gasteiger partial charge in [0.2, 0.25) is 5.91 Å². The van der Waals surface area contributed by atoms with Gasteiger partial charge in [0.15, 0.2) is 0 Å². The predicted octanol–water partition coefficient (Wildman–Crippen LogP) is 3.39. The normalized spacial score (nSPS) is 15.9. The molecule has 1 atom stereocenters. The van der Waals surface area contributed by atoms with E-state index in [1.807, 2.05) is 35.2 Å². The lowest BCUT2D eigenvalue weighted by Gasteiger charge is -2.35. The number of para-hydroxylation sites is 1. The predicted molar refractivity (Wildman–Crippen MR) is 114 cm³/mol. The number of rotatable bonds is 7. The van der Waals surface area contributed by atoms with E-state index in [1.54, 1.807) is 11.8 Å². The van der Waals surface area contributed by atoms with Crippen LogP contribution in [0.15, 0.2) is 54.6 Å². The van der Waals surface area contributed by atoms with Gasteiger partial charge >= 0.3 is 6.18 Å². The number of nitrogens with zero attached hydrogens (tertiary/aromatic N) is 2. The van der Waals surface area contributed by atoms with Gasteiger partial charge in [-0.2, -0.15) is 13.2 Å². The monoisotopic (exact) mass is 449 g/mol. The highest BCUT2D eigenvalue weighted by Crippen LogP contribution is 2.34. The molecule has 9 heteroatoms. The van der Waals surface area contributed by atoms with Gasteiger partial charge in [-0.15, -0.1) is 0 Å². The van der Waals surface area contributed by atoms with Crippen molar-refractivity contribution in [3.05, 3.63) is 65.7 Å². The third kappa shape index (κ3) is 6.54. The molecule has 2 aromatic rings. The highest BCUT2D eigenvalue weighted by Gasteiger charge is 2.34. The van der Waals surface area contributed by atoms with Crippen molar-refractivity contribution in [1.29, 1.82) is 0 Å². The van der Waals surface area contributed by atoms with Crippen molar-refractivity contribution in [2.24, 2.45) is 0 Å². The Morgan fingerprint density at radius 1 is 1.00 bits per heavy atom. The molecule has 1 N–H and O–H groups in total. The number of hydrogen-bond donors (Lipinski definition) is 1. The average molecular weight is 449 g/mol. The minimum Gasteiger partial charge on any atom is -0.364 e. The van der Waals surface area contributed by atoms with Crippen molar-refractivity contribution in [3.8, 4) is 0 Å². The Kier molecular flexibility index (Phi) is 7.87. The second-order valence-corrected chi connectivity index (χ2v) is 7.63. The second kappa shape index (κ2) is 10.6. The molecule has 2 amide bonds. The Balaban J connectivity index is 1.44. The van der Waals surface area contributed by atoms with Gasteiger partial charge in [-0.05, 0) is 24.6 Å². The quantitative estimate of drug-likeness (QED) is 0.704. The van der Waals surface area contributed by atoms with Crippen LogP contribution in [-0.2, 0) is 27.1 Å². The van der Waals surface area contributed by atoms with Crippen LogP contribution in [0.4, 0.5) is 18.9 Å². The van der Waals surface area contributed by atoms with E-state index in [0.29, 0.717) is 32.8 Å². The van der Waals surface area contributed by atoms with Crippen molar-refractivity contribution >= 4 is 17.5 Å². The Hall–Kier alpha value is -2.91. The van der Waals surface area contributed by atoms with Gasteiger partial charge < -0.3 is 15.0 Å². The molecule has 2 aromatic carbocycles. The number of benzene rings is 2. The fourth-order valence-electron chi connectivity index (χ4n) is 3.48. The molecule has 32 heavy (non-hydrogen) atoms. The molecule has 1 aliphatic heterocycles. The van der Waals surface area contributed by atoms with Crippen LogP contribution in [0.1, 0.15) is 18.1 Å². The van der Waals surface area contributed by atoms with Gasteiger partial charge in [0, 0.05) is 26.2 Å². The first-order valence-electron chi connectivity index (χ1n) is 10.4. The van der Waals surface area contributed by atoms with Crippen molar-refractivity contribution in [3.63, 3.8) is 0 Å². The molecule has 0 spiro atoms. The number of alkyl halides is 3. The molecule has 0 aromatic heterocycles. The Labute approximate surface area is 184 Å². The smallest absolute Gasteiger partial charge is 0.364 e. The maximum absolute atomic E-state index is 13.1. The maximum Gasteiger partial charge on any atom is 0.418 e. The maximum atomic E-state index is 13.1. The molecular weight excluding hydrogens is 423 g/mol. The van der Waals surface area contributed by atoms with Crippen molar-refractivity contribution in [2.45, 2.75) is 25.8 Å². The zero-order valence-electron chi connectivity index (χ0n) is 17.8. The SMILES string of the molecule is CC(OCc1ccccc1)C(=O)N1CCN(CC(=O)Nc2ccccc2C(F)(F)F)CC1. The first kappa shape index (κ1) is 23.7. The topological polar surface area (TPSA) is 61.9 Å². The lowest BCUT2D eigenvalue weighted by molar-refractivity contribution is -0.145. The van der Waals surface area contributed by atoms with Crippen LogP contribution >= 0.6 is 0 Å². The van der Waals surface area contributed by atoms with E-state index in [4.69, 9.17) is 4.74 Å². The van der Waals surface area contributed by atoms with Crippen molar-refractivity contribution in [1.82, 2.24) is 9.80 Å². The van der Waals surface area contributed by atoms with Crippen LogP contribution in [0.3, 0.4) is 0 Å². The standard InChI is InChI=1S/C23H26F3N3O3/c1-17(32-16-18-7-3-2-4-8-18)22(31)29-13-11-28(12-14-29)15-21(30)27-20-10-6-5-9-19(20)23(24,25)26/h2-10,17H,11-16H2,1H3,(H,27,30). The molecule has 0 aliphatic carbocycles. The molecular formula is C23H26F3N3O3. The lowest BCUT2D eigenvalue weighted by Crippen LogP contribution is -2.52. The van der Waals surface area contributed by atoms with E-state index in [2.05, 4.69) is 5.32 Å². The third-order valence-corrected chi connectivity index (χ3v) is 5.25. The summed E-state index contributed by atoms with van der Waals surface area (Å²) in [4.78, 5) is 28.4. The fraction of sp³-hybridized carbons (Fsp3) is 0.391. The molecule has 1 unspecified atom stereocenters. The Bertz CT molecular complexity index is 913.